The van der Waals surface area contributed by atoms with Crippen molar-refractivity contribution in [2.75, 3.05) is 0 Å². The molecule has 1 fully saturated rings. The maximum absolute atomic E-state index is 12.7. The van der Waals surface area contributed by atoms with Crippen molar-refractivity contribution in [2.24, 2.45) is 0 Å². The first-order valence-corrected chi connectivity index (χ1v) is 8.27. The number of rotatable bonds is 4. The van der Waals surface area contributed by atoms with Gasteiger partial charge in [0.15, 0.2) is 5.16 Å². The molecule has 0 spiro atoms. The smallest absolute Gasteiger partial charge is 0.262 e. The highest BCUT2D eigenvalue weighted by Crippen LogP contribution is 2.37. The number of thioether (sulfide) groups is 1. The standard InChI is InChI=1S/C16H15N3O2S/c1-10-8-11(18-21-10)9-22-16-17-14-5-3-2-4-13(14)15(20)19(16)12-6-7-12/h2-5,8,12H,6-7,9H2,1H3. The van der Waals surface area contributed by atoms with Crippen LogP contribution in [0.3, 0.4) is 0 Å². The number of aromatic nitrogens is 3. The predicted molar refractivity (Wildman–Crippen MR) is 85.1 cm³/mol. The van der Waals surface area contributed by atoms with E-state index in [1.54, 1.807) is 11.8 Å². The number of hydrogen-bond donors (Lipinski definition) is 0. The first-order valence-electron chi connectivity index (χ1n) is 7.28. The molecule has 22 heavy (non-hydrogen) atoms. The van der Waals surface area contributed by atoms with Gasteiger partial charge in [0.05, 0.1) is 16.6 Å². The van der Waals surface area contributed by atoms with E-state index in [1.165, 1.54) is 0 Å². The highest BCUT2D eigenvalue weighted by Gasteiger charge is 2.28. The molecule has 0 amide bonds. The van der Waals surface area contributed by atoms with Gasteiger partial charge in [-0.2, -0.15) is 0 Å². The van der Waals surface area contributed by atoms with Crippen molar-refractivity contribution < 1.29 is 4.52 Å². The summed E-state index contributed by atoms with van der Waals surface area (Å²) in [6.45, 7) is 1.87. The number of aryl methyl sites for hydroxylation is 1. The Kier molecular flexibility index (Phi) is 3.26. The number of para-hydroxylation sites is 1. The van der Waals surface area contributed by atoms with Gasteiger partial charge in [0.25, 0.3) is 5.56 Å². The SMILES string of the molecule is Cc1cc(CSc2nc3ccccc3c(=O)n2C2CC2)no1. The second kappa shape index (κ2) is 5.28. The van der Waals surface area contributed by atoms with Crippen LogP contribution in [0.5, 0.6) is 0 Å². The number of hydrogen-bond acceptors (Lipinski definition) is 5. The highest BCUT2D eigenvalue weighted by molar-refractivity contribution is 7.98. The molecule has 1 aliphatic rings. The molecule has 1 aliphatic carbocycles. The second-order valence-electron chi connectivity index (χ2n) is 5.54. The molecule has 0 aliphatic heterocycles. The van der Waals surface area contributed by atoms with E-state index >= 15 is 0 Å². The molecule has 0 N–H and O–H groups in total. The molecule has 2 aromatic heterocycles. The molecule has 4 rings (SSSR count). The molecule has 0 unspecified atom stereocenters. The Morgan fingerprint density at radius 1 is 1.36 bits per heavy atom. The summed E-state index contributed by atoms with van der Waals surface area (Å²) in [5.74, 6) is 1.44. The summed E-state index contributed by atoms with van der Waals surface area (Å²) in [5.41, 5.74) is 1.68. The van der Waals surface area contributed by atoms with Crippen molar-refractivity contribution in [1.82, 2.24) is 14.7 Å². The van der Waals surface area contributed by atoms with Gasteiger partial charge in [-0.05, 0) is 31.9 Å². The molecule has 1 aromatic carbocycles. The van der Waals surface area contributed by atoms with Crippen LogP contribution in [0.15, 0.2) is 44.8 Å². The number of fused-ring (bicyclic) bond motifs is 1. The van der Waals surface area contributed by atoms with E-state index in [-0.39, 0.29) is 5.56 Å². The van der Waals surface area contributed by atoms with Crippen molar-refractivity contribution in [3.8, 4) is 0 Å². The van der Waals surface area contributed by atoms with Crippen LogP contribution in [0.25, 0.3) is 10.9 Å². The molecule has 0 atom stereocenters. The maximum Gasteiger partial charge on any atom is 0.262 e. The summed E-state index contributed by atoms with van der Waals surface area (Å²) in [6.07, 6.45) is 2.10. The van der Waals surface area contributed by atoms with E-state index in [4.69, 9.17) is 4.52 Å². The summed E-state index contributed by atoms with van der Waals surface area (Å²) in [7, 11) is 0. The largest absolute Gasteiger partial charge is 0.361 e. The van der Waals surface area contributed by atoms with Crippen molar-refractivity contribution in [3.05, 3.63) is 52.1 Å². The Labute approximate surface area is 131 Å². The summed E-state index contributed by atoms with van der Waals surface area (Å²) in [5, 5.41) is 5.46. The Balaban J connectivity index is 1.75. The predicted octanol–water partition coefficient (Wildman–Crippen LogP) is 3.32. The van der Waals surface area contributed by atoms with Crippen LogP contribution in [0, 0.1) is 6.92 Å². The lowest BCUT2D eigenvalue weighted by atomic mass is 10.2. The van der Waals surface area contributed by atoms with Gasteiger partial charge in [-0.1, -0.05) is 29.1 Å². The third-order valence-corrected chi connectivity index (χ3v) is 4.70. The molecular formula is C16H15N3O2S. The summed E-state index contributed by atoms with van der Waals surface area (Å²) >= 11 is 1.54. The third-order valence-electron chi connectivity index (χ3n) is 3.71. The first-order chi connectivity index (χ1) is 10.7. The van der Waals surface area contributed by atoms with Gasteiger partial charge in [0.1, 0.15) is 5.76 Å². The van der Waals surface area contributed by atoms with Gasteiger partial charge in [-0.15, -0.1) is 0 Å². The minimum Gasteiger partial charge on any atom is -0.361 e. The average molecular weight is 313 g/mol. The second-order valence-corrected chi connectivity index (χ2v) is 6.48. The molecule has 0 saturated heterocycles. The van der Waals surface area contributed by atoms with Crippen LogP contribution < -0.4 is 5.56 Å². The van der Waals surface area contributed by atoms with Gasteiger partial charge in [-0.3, -0.25) is 9.36 Å². The Bertz CT molecular complexity index is 896. The topological polar surface area (TPSA) is 60.9 Å². The van der Waals surface area contributed by atoms with E-state index in [2.05, 4.69) is 10.1 Å². The minimum absolute atomic E-state index is 0.0620. The molecule has 5 nitrogen and oxygen atoms in total. The molecule has 112 valence electrons. The monoisotopic (exact) mass is 313 g/mol. The summed E-state index contributed by atoms with van der Waals surface area (Å²) in [4.78, 5) is 17.4. The van der Waals surface area contributed by atoms with Gasteiger partial charge in [-0.25, -0.2) is 4.98 Å². The molecule has 2 heterocycles. The van der Waals surface area contributed by atoms with E-state index in [0.717, 1.165) is 35.0 Å². The highest BCUT2D eigenvalue weighted by atomic mass is 32.2. The molecular weight excluding hydrogens is 298 g/mol. The molecule has 0 radical (unpaired) electrons. The van der Waals surface area contributed by atoms with E-state index in [9.17, 15) is 4.79 Å². The van der Waals surface area contributed by atoms with Crippen LogP contribution in [-0.2, 0) is 5.75 Å². The van der Waals surface area contributed by atoms with Crippen LogP contribution in [0.4, 0.5) is 0 Å². The number of benzene rings is 1. The summed E-state index contributed by atoms with van der Waals surface area (Å²) in [6, 6.07) is 9.73. The van der Waals surface area contributed by atoms with E-state index in [0.29, 0.717) is 17.2 Å². The van der Waals surface area contributed by atoms with Gasteiger partial charge < -0.3 is 4.52 Å². The Morgan fingerprint density at radius 3 is 2.91 bits per heavy atom. The quantitative estimate of drug-likeness (QED) is 0.546. The zero-order valence-electron chi connectivity index (χ0n) is 12.2. The van der Waals surface area contributed by atoms with Crippen molar-refractivity contribution >= 4 is 22.7 Å². The van der Waals surface area contributed by atoms with Crippen LogP contribution in [0.2, 0.25) is 0 Å². The normalized spacial score (nSPS) is 14.6. The van der Waals surface area contributed by atoms with Crippen LogP contribution in [-0.4, -0.2) is 14.7 Å². The lowest BCUT2D eigenvalue weighted by Gasteiger charge is -2.11. The van der Waals surface area contributed by atoms with Gasteiger partial charge in [0, 0.05) is 17.9 Å². The van der Waals surface area contributed by atoms with Crippen LogP contribution >= 0.6 is 11.8 Å². The van der Waals surface area contributed by atoms with E-state index < -0.39 is 0 Å². The van der Waals surface area contributed by atoms with Gasteiger partial charge >= 0.3 is 0 Å². The fourth-order valence-electron chi connectivity index (χ4n) is 2.51. The van der Waals surface area contributed by atoms with Crippen molar-refractivity contribution in [2.45, 2.75) is 36.7 Å². The Hall–Kier alpha value is -2.08. The fraction of sp³-hybridized carbons (Fsp3) is 0.312. The lowest BCUT2D eigenvalue weighted by Crippen LogP contribution is -2.22. The summed E-state index contributed by atoms with van der Waals surface area (Å²) < 4.78 is 6.93. The lowest BCUT2D eigenvalue weighted by molar-refractivity contribution is 0.393. The molecule has 0 bridgehead atoms. The van der Waals surface area contributed by atoms with Gasteiger partial charge in [0.2, 0.25) is 0 Å². The van der Waals surface area contributed by atoms with Crippen molar-refractivity contribution in [1.29, 1.82) is 0 Å². The molecule has 3 aromatic rings. The Morgan fingerprint density at radius 2 is 2.18 bits per heavy atom. The molecule has 1 saturated carbocycles. The van der Waals surface area contributed by atoms with Crippen molar-refractivity contribution in [3.63, 3.8) is 0 Å². The maximum atomic E-state index is 12.7. The average Bonchev–Trinajstić information content (AvgIpc) is 3.27. The fourth-order valence-corrected chi connectivity index (χ4v) is 3.45. The van der Waals surface area contributed by atoms with E-state index in [1.807, 2.05) is 41.8 Å². The minimum atomic E-state index is 0.0620. The molecule has 6 heteroatoms. The van der Waals surface area contributed by atoms with Crippen LogP contribution in [0.1, 0.15) is 30.3 Å². The zero-order valence-corrected chi connectivity index (χ0v) is 13.0. The number of nitrogens with zero attached hydrogens (tertiary/aromatic N) is 3. The first kappa shape index (κ1) is 13.6. The third kappa shape index (κ3) is 2.43. The zero-order chi connectivity index (χ0) is 15.1.